The van der Waals surface area contributed by atoms with Crippen LogP contribution < -0.4 is 15.4 Å². The van der Waals surface area contributed by atoms with Gasteiger partial charge >= 0.3 is 6.03 Å². The first kappa shape index (κ1) is 14.2. The number of amides is 2. The number of benzene rings is 2. The van der Waals surface area contributed by atoms with Crippen molar-refractivity contribution in [3.05, 3.63) is 59.1 Å². The van der Waals surface area contributed by atoms with Gasteiger partial charge in [0, 0.05) is 11.6 Å². The summed E-state index contributed by atoms with van der Waals surface area (Å²) < 4.78 is 5.16. The number of ether oxygens (including phenoxy) is 1. The van der Waals surface area contributed by atoms with Gasteiger partial charge in [-0.3, -0.25) is 0 Å². The fourth-order valence-corrected chi connectivity index (χ4v) is 1.83. The third-order valence-corrected chi connectivity index (χ3v) is 2.97. The molecule has 0 saturated carbocycles. The minimum atomic E-state index is -0.288. The van der Waals surface area contributed by atoms with Gasteiger partial charge in [0.1, 0.15) is 5.75 Å². The Balaban J connectivity index is 1.91. The van der Waals surface area contributed by atoms with E-state index in [1.165, 1.54) is 0 Å². The number of methoxy groups -OCH3 is 1. The van der Waals surface area contributed by atoms with Gasteiger partial charge in [0.2, 0.25) is 0 Å². The molecule has 0 spiro atoms. The zero-order valence-electron chi connectivity index (χ0n) is 11.0. The highest BCUT2D eigenvalue weighted by atomic mass is 35.5. The number of anilines is 1. The number of carbonyl (C=O) groups excluding carboxylic acids is 1. The average Bonchev–Trinajstić information content (AvgIpc) is 2.47. The molecule has 2 aromatic rings. The molecule has 0 fully saturated rings. The monoisotopic (exact) mass is 290 g/mol. The van der Waals surface area contributed by atoms with E-state index in [0.29, 0.717) is 23.0 Å². The van der Waals surface area contributed by atoms with Gasteiger partial charge in [0.05, 0.1) is 12.8 Å². The van der Waals surface area contributed by atoms with Crippen molar-refractivity contribution in [2.24, 2.45) is 0 Å². The van der Waals surface area contributed by atoms with Crippen LogP contribution in [0.5, 0.6) is 5.75 Å². The maximum absolute atomic E-state index is 11.8. The van der Waals surface area contributed by atoms with E-state index in [4.69, 9.17) is 16.3 Å². The lowest BCUT2D eigenvalue weighted by Crippen LogP contribution is -2.28. The molecule has 4 nitrogen and oxygen atoms in total. The molecule has 0 aromatic heterocycles. The van der Waals surface area contributed by atoms with Gasteiger partial charge < -0.3 is 15.4 Å². The Labute approximate surface area is 122 Å². The quantitative estimate of drug-likeness (QED) is 0.902. The van der Waals surface area contributed by atoms with E-state index in [1.54, 1.807) is 31.4 Å². The number of nitrogens with one attached hydrogen (secondary N) is 2. The Morgan fingerprint density at radius 3 is 2.55 bits per heavy atom. The summed E-state index contributed by atoms with van der Waals surface area (Å²) in [5.41, 5.74) is 1.60. The van der Waals surface area contributed by atoms with E-state index in [9.17, 15) is 4.79 Å². The third-order valence-electron chi connectivity index (χ3n) is 2.72. The first-order valence-electron chi connectivity index (χ1n) is 6.11. The summed E-state index contributed by atoms with van der Waals surface area (Å²) >= 11 is 5.80. The Morgan fingerprint density at radius 2 is 1.85 bits per heavy atom. The second-order valence-electron chi connectivity index (χ2n) is 4.13. The maximum atomic E-state index is 11.8. The molecule has 20 heavy (non-hydrogen) atoms. The van der Waals surface area contributed by atoms with Gasteiger partial charge in [0.15, 0.2) is 0 Å². The highest BCUT2D eigenvalue weighted by molar-refractivity contribution is 6.30. The Morgan fingerprint density at radius 1 is 1.15 bits per heavy atom. The molecule has 2 aromatic carbocycles. The molecule has 0 radical (unpaired) electrons. The maximum Gasteiger partial charge on any atom is 0.319 e. The Kier molecular flexibility index (Phi) is 4.85. The molecule has 0 bridgehead atoms. The number of halogens is 1. The SMILES string of the molecule is COc1ccccc1NC(=O)NCc1ccc(Cl)cc1. The van der Waals surface area contributed by atoms with E-state index in [-0.39, 0.29) is 6.03 Å². The summed E-state index contributed by atoms with van der Waals surface area (Å²) in [6, 6.07) is 14.3. The number of hydrogen-bond acceptors (Lipinski definition) is 2. The van der Waals surface area contributed by atoms with Crippen molar-refractivity contribution in [1.29, 1.82) is 0 Å². The molecular weight excluding hydrogens is 276 g/mol. The van der Waals surface area contributed by atoms with Gasteiger partial charge in [-0.05, 0) is 29.8 Å². The highest BCUT2D eigenvalue weighted by Gasteiger charge is 2.06. The van der Waals surface area contributed by atoms with Gasteiger partial charge in [0.25, 0.3) is 0 Å². The lowest BCUT2D eigenvalue weighted by atomic mass is 10.2. The van der Waals surface area contributed by atoms with Crippen LogP contribution in [0.25, 0.3) is 0 Å². The minimum Gasteiger partial charge on any atom is -0.495 e. The molecule has 104 valence electrons. The van der Waals surface area contributed by atoms with E-state index in [2.05, 4.69) is 10.6 Å². The summed E-state index contributed by atoms with van der Waals surface area (Å²) in [6.07, 6.45) is 0. The molecule has 0 heterocycles. The van der Waals surface area contributed by atoms with Crippen LogP contribution in [-0.2, 0) is 6.54 Å². The van der Waals surface area contributed by atoms with Crippen molar-refractivity contribution in [3.8, 4) is 5.75 Å². The van der Waals surface area contributed by atoms with Gasteiger partial charge in [-0.2, -0.15) is 0 Å². The summed E-state index contributed by atoms with van der Waals surface area (Å²) in [7, 11) is 1.56. The number of hydrogen-bond donors (Lipinski definition) is 2. The van der Waals surface area contributed by atoms with Gasteiger partial charge in [-0.25, -0.2) is 4.79 Å². The zero-order valence-corrected chi connectivity index (χ0v) is 11.8. The summed E-state index contributed by atoms with van der Waals surface area (Å²) in [6.45, 7) is 0.429. The van der Waals surface area contributed by atoms with Crippen molar-refractivity contribution in [2.45, 2.75) is 6.54 Å². The molecule has 2 rings (SSSR count). The van der Waals surface area contributed by atoms with Crippen LogP contribution >= 0.6 is 11.6 Å². The topological polar surface area (TPSA) is 50.4 Å². The molecular formula is C15H15ClN2O2. The molecule has 0 unspecified atom stereocenters. The van der Waals surface area contributed by atoms with E-state index in [0.717, 1.165) is 5.56 Å². The van der Waals surface area contributed by atoms with Crippen LogP contribution in [-0.4, -0.2) is 13.1 Å². The molecule has 2 N–H and O–H groups in total. The van der Waals surface area contributed by atoms with Crippen molar-refractivity contribution in [1.82, 2.24) is 5.32 Å². The van der Waals surface area contributed by atoms with E-state index in [1.807, 2.05) is 24.3 Å². The smallest absolute Gasteiger partial charge is 0.319 e. The average molecular weight is 291 g/mol. The third kappa shape index (κ3) is 3.90. The van der Waals surface area contributed by atoms with Crippen molar-refractivity contribution in [3.63, 3.8) is 0 Å². The van der Waals surface area contributed by atoms with Crippen molar-refractivity contribution < 1.29 is 9.53 Å². The predicted octanol–water partition coefficient (Wildman–Crippen LogP) is 3.67. The van der Waals surface area contributed by atoms with Crippen LogP contribution in [0.3, 0.4) is 0 Å². The zero-order chi connectivity index (χ0) is 14.4. The first-order chi connectivity index (χ1) is 9.69. The molecule has 0 aliphatic rings. The number of urea groups is 1. The van der Waals surface area contributed by atoms with Gasteiger partial charge in [-0.1, -0.05) is 35.9 Å². The lowest BCUT2D eigenvalue weighted by Gasteiger charge is -2.11. The Bertz CT molecular complexity index is 585. The summed E-state index contributed by atoms with van der Waals surface area (Å²) in [4.78, 5) is 11.8. The summed E-state index contributed by atoms with van der Waals surface area (Å²) in [5, 5.41) is 6.18. The van der Waals surface area contributed by atoms with Crippen LogP contribution in [0.1, 0.15) is 5.56 Å². The molecule has 0 aliphatic carbocycles. The van der Waals surface area contributed by atoms with Crippen molar-refractivity contribution in [2.75, 3.05) is 12.4 Å². The van der Waals surface area contributed by atoms with Crippen LogP contribution in [0.15, 0.2) is 48.5 Å². The van der Waals surface area contributed by atoms with Crippen LogP contribution in [0, 0.1) is 0 Å². The van der Waals surface area contributed by atoms with E-state index < -0.39 is 0 Å². The standard InChI is InChI=1S/C15H15ClN2O2/c1-20-14-5-3-2-4-13(14)18-15(19)17-10-11-6-8-12(16)9-7-11/h2-9H,10H2,1H3,(H2,17,18,19). The molecule has 0 atom stereocenters. The molecule has 5 heteroatoms. The fraction of sp³-hybridized carbons (Fsp3) is 0.133. The minimum absolute atomic E-state index is 0.288. The second kappa shape index (κ2) is 6.82. The summed E-state index contributed by atoms with van der Waals surface area (Å²) in [5.74, 6) is 0.620. The number of para-hydroxylation sites is 2. The van der Waals surface area contributed by atoms with Crippen LogP contribution in [0.2, 0.25) is 5.02 Å². The predicted molar refractivity (Wildman–Crippen MR) is 80.3 cm³/mol. The Hall–Kier alpha value is -2.20. The van der Waals surface area contributed by atoms with Gasteiger partial charge in [-0.15, -0.1) is 0 Å². The fourth-order valence-electron chi connectivity index (χ4n) is 1.70. The van der Waals surface area contributed by atoms with Crippen molar-refractivity contribution >= 4 is 23.3 Å². The normalized spacial score (nSPS) is 9.90. The first-order valence-corrected chi connectivity index (χ1v) is 6.49. The molecule has 0 aliphatic heterocycles. The molecule has 2 amide bonds. The second-order valence-corrected chi connectivity index (χ2v) is 4.57. The highest BCUT2D eigenvalue weighted by Crippen LogP contribution is 2.22. The number of rotatable bonds is 4. The molecule has 0 saturated heterocycles. The number of carbonyl (C=O) groups is 1. The largest absolute Gasteiger partial charge is 0.495 e. The van der Waals surface area contributed by atoms with Crippen LogP contribution in [0.4, 0.5) is 10.5 Å². The van der Waals surface area contributed by atoms with E-state index >= 15 is 0 Å². The lowest BCUT2D eigenvalue weighted by molar-refractivity contribution is 0.251.